The Labute approximate surface area is 110 Å². The molecule has 0 fully saturated rings. The van der Waals surface area contributed by atoms with Crippen molar-refractivity contribution in [3.63, 3.8) is 0 Å². The molecule has 2 rings (SSSR count). The average molecular weight is 266 g/mol. The summed E-state index contributed by atoms with van der Waals surface area (Å²) < 4.78 is 0. The molecule has 0 radical (unpaired) electrons. The van der Waals surface area contributed by atoms with Gasteiger partial charge in [-0.1, -0.05) is 18.2 Å². The molecule has 0 aromatic heterocycles. The molecule has 18 heavy (non-hydrogen) atoms. The number of benzene rings is 2. The van der Waals surface area contributed by atoms with E-state index in [0.717, 1.165) is 5.56 Å². The molecule has 0 spiro atoms. The molecular weight excluding hydrogens is 254 g/mol. The predicted molar refractivity (Wildman–Crippen MR) is 72.2 cm³/mol. The normalized spacial score (nSPS) is 9.56. The van der Waals surface area contributed by atoms with Crippen LogP contribution in [-0.4, -0.2) is 16.2 Å². The highest BCUT2D eigenvalue weighted by atomic mass is 35.5. The molecule has 0 saturated carbocycles. The molecule has 0 bridgehead atoms. The SMILES string of the molecule is Cl.Nc1cc(C(=O)O)ccc1-c1cccc(O)c1. The third-order valence-electron chi connectivity index (χ3n) is 2.46. The van der Waals surface area contributed by atoms with Gasteiger partial charge in [0.05, 0.1) is 5.56 Å². The van der Waals surface area contributed by atoms with Crippen molar-refractivity contribution in [2.24, 2.45) is 0 Å². The van der Waals surface area contributed by atoms with Gasteiger partial charge in [-0.2, -0.15) is 0 Å². The minimum absolute atomic E-state index is 0. The Hall–Kier alpha value is -2.20. The number of aromatic carboxylic acids is 1. The second-order valence-corrected chi connectivity index (χ2v) is 3.66. The number of hydrogen-bond donors (Lipinski definition) is 3. The molecule has 0 aliphatic carbocycles. The fourth-order valence-corrected chi connectivity index (χ4v) is 1.63. The molecule has 4 N–H and O–H groups in total. The number of carbonyl (C=O) groups is 1. The maximum absolute atomic E-state index is 10.8. The van der Waals surface area contributed by atoms with Crippen LogP contribution in [0.5, 0.6) is 5.75 Å². The zero-order valence-electron chi connectivity index (χ0n) is 9.33. The Morgan fingerprint density at radius 1 is 1.11 bits per heavy atom. The molecule has 2 aromatic carbocycles. The summed E-state index contributed by atoms with van der Waals surface area (Å²) in [6.07, 6.45) is 0. The van der Waals surface area contributed by atoms with Gasteiger partial charge in [-0.3, -0.25) is 0 Å². The van der Waals surface area contributed by atoms with Crippen LogP contribution in [-0.2, 0) is 0 Å². The summed E-state index contributed by atoms with van der Waals surface area (Å²) in [4.78, 5) is 10.8. The van der Waals surface area contributed by atoms with E-state index in [1.807, 2.05) is 0 Å². The third kappa shape index (κ3) is 2.73. The van der Waals surface area contributed by atoms with Crippen LogP contribution >= 0.6 is 12.4 Å². The maximum Gasteiger partial charge on any atom is 0.335 e. The third-order valence-corrected chi connectivity index (χ3v) is 2.46. The van der Waals surface area contributed by atoms with Gasteiger partial charge in [0.25, 0.3) is 0 Å². The zero-order valence-corrected chi connectivity index (χ0v) is 10.1. The van der Waals surface area contributed by atoms with Crippen molar-refractivity contribution < 1.29 is 15.0 Å². The van der Waals surface area contributed by atoms with Crippen LogP contribution in [0.1, 0.15) is 10.4 Å². The first kappa shape index (κ1) is 13.9. The first-order valence-electron chi connectivity index (χ1n) is 5.00. The molecule has 2 aromatic rings. The molecule has 0 heterocycles. The summed E-state index contributed by atoms with van der Waals surface area (Å²) in [5.41, 5.74) is 7.76. The van der Waals surface area contributed by atoms with Gasteiger partial charge >= 0.3 is 5.97 Å². The van der Waals surface area contributed by atoms with E-state index in [0.29, 0.717) is 11.3 Å². The molecule has 4 nitrogen and oxygen atoms in total. The van der Waals surface area contributed by atoms with E-state index in [9.17, 15) is 9.90 Å². The second kappa shape index (κ2) is 5.42. The lowest BCUT2D eigenvalue weighted by atomic mass is 10.0. The summed E-state index contributed by atoms with van der Waals surface area (Å²) >= 11 is 0. The van der Waals surface area contributed by atoms with E-state index in [2.05, 4.69) is 0 Å². The van der Waals surface area contributed by atoms with Crippen molar-refractivity contribution in [3.05, 3.63) is 48.0 Å². The molecule has 5 heteroatoms. The highest BCUT2D eigenvalue weighted by molar-refractivity contribution is 5.91. The van der Waals surface area contributed by atoms with Crippen molar-refractivity contribution in [2.75, 3.05) is 5.73 Å². The number of carboxylic acid groups (broad SMARTS) is 1. The number of phenols is 1. The number of anilines is 1. The van der Waals surface area contributed by atoms with Gasteiger partial charge in [0.15, 0.2) is 0 Å². The highest BCUT2D eigenvalue weighted by Crippen LogP contribution is 2.28. The average Bonchev–Trinajstić information content (AvgIpc) is 2.28. The van der Waals surface area contributed by atoms with Crippen molar-refractivity contribution >= 4 is 24.1 Å². The topological polar surface area (TPSA) is 83.6 Å². The Morgan fingerprint density at radius 3 is 2.39 bits per heavy atom. The molecule has 0 aliphatic heterocycles. The fourth-order valence-electron chi connectivity index (χ4n) is 1.63. The monoisotopic (exact) mass is 265 g/mol. The molecule has 0 atom stereocenters. The number of aromatic hydroxyl groups is 1. The lowest BCUT2D eigenvalue weighted by Crippen LogP contribution is -1.99. The van der Waals surface area contributed by atoms with Crippen molar-refractivity contribution in [1.82, 2.24) is 0 Å². The quantitative estimate of drug-likeness (QED) is 0.729. The summed E-state index contributed by atoms with van der Waals surface area (Å²) in [6, 6.07) is 11.2. The standard InChI is InChI=1S/C13H11NO3.ClH/c14-12-7-9(13(16)17)4-5-11(12)8-2-1-3-10(15)6-8;/h1-7,15H,14H2,(H,16,17);1H. The lowest BCUT2D eigenvalue weighted by Gasteiger charge is -2.07. The van der Waals surface area contributed by atoms with E-state index in [1.54, 1.807) is 30.3 Å². The van der Waals surface area contributed by atoms with Crippen LogP contribution in [0.4, 0.5) is 5.69 Å². The minimum Gasteiger partial charge on any atom is -0.508 e. The van der Waals surface area contributed by atoms with E-state index in [1.165, 1.54) is 12.1 Å². The number of nitrogens with two attached hydrogens (primary N) is 1. The van der Waals surface area contributed by atoms with Crippen LogP contribution in [0.2, 0.25) is 0 Å². The van der Waals surface area contributed by atoms with Crippen LogP contribution < -0.4 is 5.73 Å². The molecule has 0 aliphatic rings. The Balaban J connectivity index is 0.00000162. The first-order chi connectivity index (χ1) is 8.08. The van der Waals surface area contributed by atoms with Gasteiger partial charge in [0.1, 0.15) is 5.75 Å². The van der Waals surface area contributed by atoms with Crippen molar-refractivity contribution in [2.45, 2.75) is 0 Å². The predicted octanol–water partition coefficient (Wildman–Crippen LogP) is 2.76. The molecule has 94 valence electrons. The maximum atomic E-state index is 10.8. The van der Waals surface area contributed by atoms with E-state index >= 15 is 0 Å². The number of halogens is 1. The van der Waals surface area contributed by atoms with E-state index < -0.39 is 5.97 Å². The zero-order chi connectivity index (χ0) is 12.4. The number of rotatable bonds is 2. The molecule has 0 unspecified atom stereocenters. The first-order valence-corrected chi connectivity index (χ1v) is 5.00. The van der Waals surface area contributed by atoms with Gasteiger partial charge < -0.3 is 15.9 Å². The molecule has 0 saturated heterocycles. The minimum atomic E-state index is -1.01. The van der Waals surface area contributed by atoms with Crippen molar-refractivity contribution in [1.29, 1.82) is 0 Å². The van der Waals surface area contributed by atoms with Crippen LogP contribution in [0.25, 0.3) is 11.1 Å². The van der Waals surface area contributed by atoms with E-state index in [-0.39, 0.29) is 23.7 Å². The summed E-state index contributed by atoms with van der Waals surface area (Å²) in [5, 5.41) is 18.2. The second-order valence-electron chi connectivity index (χ2n) is 3.66. The Kier molecular flexibility index (Phi) is 4.18. The fraction of sp³-hybridized carbons (Fsp3) is 0. The van der Waals surface area contributed by atoms with Gasteiger partial charge in [0, 0.05) is 11.3 Å². The van der Waals surface area contributed by atoms with Crippen LogP contribution in [0, 0.1) is 0 Å². The van der Waals surface area contributed by atoms with Gasteiger partial charge in [-0.15, -0.1) is 12.4 Å². The lowest BCUT2D eigenvalue weighted by molar-refractivity contribution is 0.0697. The largest absolute Gasteiger partial charge is 0.508 e. The van der Waals surface area contributed by atoms with Gasteiger partial charge in [0.2, 0.25) is 0 Å². The Bertz CT molecular complexity index is 584. The summed E-state index contributed by atoms with van der Waals surface area (Å²) in [7, 11) is 0. The van der Waals surface area contributed by atoms with Crippen molar-refractivity contribution in [3.8, 4) is 16.9 Å². The number of hydrogen-bond acceptors (Lipinski definition) is 3. The summed E-state index contributed by atoms with van der Waals surface area (Å²) in [6.45, 7) is 0. The van der Waals surface area contributed by atoms with Gasteiger partial charge in [-0.05, 0) is 29.8 Å². The molecular formula is C13H12ClNO3. The molecule has 0 amide bonds. The number of nitrogen functional groups attached to an aromatic ring is 1. The van der Waals surface area contributed by atoms with Crippen LogP contribution in [0.15, 0.2) is 42.5 Å². The number of carboxylic acids is 1. The van der Waals surface area contributed by atoms with Gasteiger partial charge in [-0.25, -0.2) is 4.79 Å². The van der Waals surface area contributed by atoms with Crippen LogP contribution in [0.3, 0.4) is 0 Å². The van der Waals surface area contributed by atoms with E-state index in [4.69, 9.17) is 10.8 Å². The smallest absolute Gasteiger partial charge is 0.335 e. The number of phenolic OH excluding ortho intramolecular Hbond substituents is 1. The summed E-state index contributed by atoms with van der Waals surface area (Å²) in [5.74, 6) is -0.872. The highest BCUT2D eigenvalue weighted by Gasteiger charge is 2.08. The Morgan fingerprint density at radius 2 is 1.83 bits per heavy atom.